The number of hydrogen-bond donors (Lipinski definition) is 3. The molecule has 0 bridgehead atoms. The fourth-order valence-corrected chi connectivity index (χ4v) is 4.61. The number of amides is 1. The van der Waals surface area contributed by atoms with Crippen molar-refractivity contribution in [3.8, 4) is 11.1 Å². The van der Waals surface area contributed by atoms with Gasteiger partial charge in [-0.1, -0.05) is 63.2 Å². The summed E-state index contributed by atoms with van der Waals surface area (Å²) in [5, 5.41) is 12.9. The van der Waals surface area contributed by atoms with Crippen LogP contribution in [0.2, 0.25) is 0 Å². The Morgan fingerprint density at radius 3 is 2.25 bits per heavy atom. The Hall–Kier alpha value is -3.46. The first-order chi connectivity index (χ1) is 17.1. The molecule has 0 saturated carbocycles. The Morgan fingerprint density at radius 1 is 1.03 bits per heavy atom. The van der Waals surface area contributed by atoms with Gasteiger partial charge in [-0.05, 0) is 53.8 Å². The van der Waals surface area contributed by atoms with Crippen molar-refractivity contribution in [3.05, 3.63) is 84.1 Å². The van der Waals surface area contributed by atoms with Gasteiger partial charge in [0.05, 0.1) is 17.5 Å². The van der Waals surface area contributed by atoms with E-state index in [1.807, 2.05) is 54.6 Å². The lowest BCUT2D eigenvalue weighted by Crippen LogP contribution is -2.30. The topological polar surface area (TPSA) is 103 Å². The SMILES string of the molecule is CC(O)CNC(=O)c1oc2ccc(N(c3ccc(C(C)(C)C)cc3)S(=O)O)cc2c1-c1ccccc1. The average molecular weight is 507 g/mol. The van der Waals surface area contributed by atoms with Crippen LogP contribution in [0.1, 0.15) is 43.8 Å². The van der Waals surface area contributed by atoms with Crippen LogP contribution in [0.25, 0.3) is 22.1 Å². The van der Waals surface area contributed by atoms with E-state index >= 15 is 0 Å². The highest BCUT2D eigenvalue weighted by Gasteiger charge is 2.24. The Kier molecular flexibility index (Phi) is 7.31. The van der Waals surface area contributed by atoms with Gasteiger partial charge in [0.25, 0.3) is 17.2 Å². The highest BCUT2D eigenvalue weighted by Crippen LogP contribution is 2.39. The number of aliphatic hydroxyl groups is 1. The van der Waals surface area contributed by atoms with Gasteiger partial charge < -0.3 is 14.8 Å². The van der Waals surface area contributed by atoms with Crippen LogP contribution in [0.3, 0.4) is 0 Å². The summed E-state index contributed by atoms with van der Waals surface area (Å²) in [5.41, 5.74) is 3.89. The maximum Gasteiger partial charge on any atom is 0.287 e. The van der Waals surface area contributed by atoms with Crippen LogP contribution in [0.4, 0.5) is 11.4 Å². The van der Waals surface area contributed by atoms with Crippen LogP contribution in [0, 0.1) is 0 Å². The third-order valence-corrected chi connectivity index (χ3v) is 6.59. The zero-order valence-corrected chi connectivity index (χ0v) is 21.5. The molecule has 0 radical (unpaired) electrons. The van der Waals surface area contributed by atoms with E-state index in [0.29, 0.717) is 27.9 Å². The van der Waals surface area contributed by atoms with Crippen LogP contribution in [-0.2, 0) is 16.7 Å². The summed E-state index contributed by atoms with van der Waals surface area (Å²) in [6.07, 6.45) is -0.706. The molecule has 4 rings (SSSR count). The van der Waals surface area contributed by atoms with Crippen molar-refractivity contribution < 1.29 is 23.1 Å². The molecule has 0 aliphatic carbocycles. The Bertz CT molecular complexity index is 1390. The van der Waals surface area contributed by atoms with Crippen LogP contribution in [-0.4, -0.2) is 32.4 Å². The quantitative estimate of drug-likeness (QED) is 0.276. The van der Waals surface area contributed by atoms with E-state index < -0.39 is 23.3 Å². The fourth-order valence-electron chi connectivity index (χ4n) is 4.01. The van der Waals surface area contributed by atoms with Crippen molar-refractivity contribution >= 4 is 39.5 Å². The van der Waals surface area contributed by atoms with E-state index in [1.165, 1.54) is 4.31 Å². The van der Waals surface area contributed by atoms with Gasteiger partial charge in [-0.25, -0.2) is 8.51 Å². The lowest BCUT2D eigenvalue weighted by molar-refractivity contribution is 0.0899. The Morgan fingerprint density at radius 2 is 1.67 bits per heavy atom. The molecule has 1 aromatic heterocycles. The number of fused-ring (bicyclic) bond motifs is 1. The van der Waals surface area contributed by atoms with E-state index in [2.05, 4.69) is 26.1 Å². The number of hydrogen-bond acceptors (Lipinski definition) is 4. The van der Waals surface area contributed by atoms with E-state index in [9.17, 15) is 18.7 Å². The van der Waals surface area contributed by atoms with Gasteiger partial charge >= 0.3 is 0 Å². The molecule has 2 atom stereocenters. The summed E-state index contributed by atoms with van der Waals surface area (Å²) in [5.74, 6) is -0.340. The lowest BCUT2D eigenvalue weighted by atomic mass is 9.87. The maximum atomic E-state index is 13.0. The highest BCUT2D eigenvalue weighted by atomic mass is 32.2. The molecule has 188 valence electrons. The number of furan rings is 1. The van der Waals surface area contributed by atoms with Gasteiger partial charge in [0.1, 0.15) is 5.58 Å². The number of carbonyl (C=O) groups excluding carboxylic acids is 1. The van der Waals surface area contributed by atoms with Crippen LogP contribution in [0.5, 0.6) is 0 Å². The van der Waals surface area contributed by atoms with Crippen LogP contribution >= 0.6 is 0 Å². The predicted octanol–water partition coefficient (Wildman–Crippen LogP) is 5.78. The van der Waals surface area contributed by atoms with E-state index in [1.54, 1.807) is 25.1 Å². The summed E-state index contributed by atoms with van der Waals surface area (Å²) in [7, 11) is 0. The minimum Gasteiger partial charge on any atom is -0.450 e. The molecule has 8 heteroatoms. The Balaban J connectivity index is 1.84. The summed E-state index contributed by atoms with van der Waals surface area (Å²) in [6.45, 7) is 7.99. The number of aliphatic hydroxyl groups excluding tert-OH is 1. The van der Waals surface area contributed by atoms with Gasteiger partial charge in [-0.2, -0.15) is 0 Å². The molecule has 7 nitrogen and oxygen atoms in total. The van der Waals surface area contributed by atoms with Gasteiger partial charge in [0.15, 0.2) is 0 Å². The number of rotatable bonds is 7. The molecule has 0 aliphatic heterocycles. The molecule has 2 unspecified atom stereocenters. The number of benzene rings is 3. The molecule has 0 spiro atoms. The lowest BCUT2D eigenvalue weighted by Gasteiger charge is -2.23. The maximum absolute atomic E-state index is 13.0. The van der Waals surface area contributed by atoms with Crippen molar-refractivity contribution in [1.82, 2.24) is 5.32 Å². The number of nitrogens with one attached hydrogen (secondary N) is 1. The number of carbonyl (C=O) groups is 1. The molecule has 0 fully saturated rings. The largest absolute Gasteiger partial charge is 0.450 e. The third-order valence-electron chi connectivity index (χ3n) is 5.86. The fraction of sp³-hybridized carbons (Fsp3) is 0.250. The highest BCUT2D eigenvalue weighted by molar-refractivity contribution is 7.81. The van der Waals surface area contributed by atoms with Gasteiger partial charge in [0, 0.05) is 17.5 Å². The van der Waals surface area contributed by atoms with Crippen LogP contribution in [0.15, 0.2) is 77.2 Å². The molecule has 0 aliphatic rings. The normalized spacial score (nSPS) is 13.4. The second kappa shape index (κ2) is 10.3. The molecule has 3 aromatic carbocycles. The molecule has 3 N–H and O–H groups in total. The molecular formula is C28H30N2O5S. The first kappa shape index (κ1) is 25.6. The standard InChI is InChI=1S/C28H30N2O5S/c1-18(31)17-29-27(32)26-25(19-8-6-5-7-9-19)23-16-22(14-15-24(23)35-26)30(36(33)34)21-12-10-20(11-13-21)28(2,3)4/h5-16,18,31H,17H2,1-4H3,(H,29,32)(H,33,34). The molecule has 0 saturated heterocycles. The number of nitrogens with zero attached hydrogens (tertiary/aromatic N) is 1. The predicted molar refractivity (Wildman–Crippen MR) is 144 cm³/mol. The average Bonchev–Trinajstić information content (AvgIpc) is 3.22. The first-order valence-electron chi connectivity index (χ1n) is 11.7. The van der Waals surface area contributed by atoms with Crippen molar-refractivity contribution in [2.75, 3.05) is 10.8 Å². The third kappa shape index (κ3) is 5.36. The van der Waals surface area contributed by atoms with E-state index in [4.69, 9.17) is 4.42 Å². The zero-order chi connectivity index (χ0) is 26.0. The summed E-state index contributed by atoms with van der Waals surface area (Å²) in [6, 6.07) is 22.0. The monoisotopic (exact) mass is 506 g/mol. The van der Waals surface area contributed by atoms with E-state index in [0.717, 1.165) is 11.1 Å². The van der Waals surface area contributed by atoms with Crippen molar-refractivity contribution in [2.45, 2.75) is 39.2 Å². The van der Waals surface area contributed by atoms with Crippen LogP contribution < -0.4 is 9.62 Å². The first-order valence-corrected chi connectivity index (χ1v) is 12.7. The van der Waals surface area contributed by atoms with Crippen molar-refractivity contribution in [2.24, 2.45) is 0 Å². The van der Waals surface area contributed by atoms with Gasteiger partial charge in [0.2, 0.25) is 5.76 Å². The van der Waals surface area contributed by atoms with E-state index in [-0.39, 0.29) is 17.7 Å². The molecule has 4 aromatic rings. The number of anilines is 2. The minimum absolute atomic E-state index is 0.0488. The second-order valence-electron chi connectivity index (χ2n) is 9.73. The second-order valence-corrected chi connectivity index (χ2v) is 10.6. The smallest absolute Gasteiger partial charge is 0.287 e. The molecule has 1 amide bonds. The van der Waals surface area contributed by atoms with Gasteiger partial charge in [-0.3, -0.25) is 9.35 Å². The minimum atomic E-state index is -2.34. The Labute approximate surface area is 213 Å². The van der Waals surface area contributed by atoms with Crippen molar-refractivity contribution in [1.29, 1.82) is 0 Å². The van der Waals surface area contributed by atoms with Gasteiger partial charge in [-0.15, -0.1) is 0 Å². The molecule has 36 heavy (non-hydrogen) atoms. The zero-order valence-electron chi connectivity index (χ0n) is 20.7. The summed E-state index contributed by atoms with van der Waals surface area (Å²) in [4.78, 5) is 13.0. The molecular weight excluding hydrogens is 476 g/mol. The van der Waals surface area contributed by atoms with Crippen molar-refractivity contribution in [3.63, 3.8) is 0 Å². The summed E-state index contributed by atoms with van der Waals surface area (Å²) < 4.78 is 29.9. The molecule has 1 heterocycles. The summed E-state index contributed by atoms with van der Waals surface area (Å²) >= 11 is -2.34.